The maximum Gasteiger partial charge on any atom is 0.0235 e. The summed E-state index contributed by atoms with van der Waals surface area (Å²) in [6, 6.07) is 7.89. The molecule has 1 aromatic rings. The third-order valence-corrected chi connectivity index (χ3v) is 5.86. The number of piperidine rings is 1. The van der Waals surface area contributed by atoms with Crippen LogP contribution in [0.5, 0.6) is 0 Å². The predicted octanol–water partition coefficient (Wildman–Crippen LogP) is 2.75. The molecule has 4 heteroatoms. The molecule has 0 aliphatic carbocycles. The van der Waals surface area contributed by atoms with Gasteiger partial charge in [-0.2, -0.15) is 0 Å². The topological polar surface area (TPSA) is 32.5 Å². The number of hydrogen-bond donors (Lipinski definition) is 1. The van der Waals surface area contributed by atoms with Crippen molar-refractivity contribution in [2.75, 3.05) is 26.2 Å². The highest BCUT2D eigenvalue weighted by Crippen LogP contribution is 2.23. The van der Waals surface area contributed by atoms with Gasteiger partial charge in [0.05, 0.1) is 0 Å². The van der Waals surface area contributed by atoms with E-state index in [0.717, 1.165) is 12.6 Å². The highest BCUT2D eigenvalue weighted by molar-refractivity contribution is 9.10. The predicted molar refractivity (Wildman–Crippen MR) is 91.3 cm³/mol. The van der Waals surface area contributed by atoms with E-state index >= 15 is 0 Å². The van der Waals surface area contributed by atoms with Crippen LogP contribution in [0.15, 0.2) is 22.7 Å². The van der Waals surface area contributed by atoms with Gasteiger partial charge in [0.1, 0.15) is 0 Å². The largest absolute Gasteiger partial charge is 0.328 e. The van der Waals surface area contributed by atoms with Gasteiger partial charge in [0.15, 0.2) is 0 Å². The quantitative estimate of drug-likeness (QED) is 0.908. The number of halogens is 1. The zero-order chi connectivity index (χ0) is 14.8. The van der Waals surface area contributed by atoms with Crippen LogP contribution >= 0.6 is 15.9 Å². The first-order valence-corrected chi connectivity index (χ1v) is 8.88. The Morgan fingerprint density at radius 1 is 1.19 bits per heavy atom. The van der Waals surface area contributed by atoms with Gasteiger partial charge in [0, 0.05) is 36.2 Å². The Morgan fingerprint density at radius 2 is 1.95 bits per heavy atom. The van der Waals surface area contributed by atoms with Crippen molar-refractivity contribution in [3.8, 4) is 0 Å². The number of likely N-dealkylation sites (tertiary alicyclic amines) is 2. The van der Waals surface area contributed by atoms with Crippen molar-refractivity contribution in [2.24, 2.45) is 5.73 Å². The van der Waals surface area contributed by atoms with Crippen LogP contribution in [0.25, 0.3) is 0 Å². The van der Waals surface area contributed by atoms with E-state index in [9.17, 15) is 0 Å². The Balaban J connectivity index is 1.53. The Bertz CT molecular complexity index is 483. The first kappa shape index (κ1) is 15.5. The van der Waals surface area contributed by atoms with Crippen LogP contribution in [0.3, 0.4) is 0 Å². The maximum atomic E-state index is 6.01. The molecule has 3 nitrogen and oxygen atoms in total. The molecule has 0 aromatic heterocycles. The van der Waals surface area contributed by atoms with E-state index in [1.807, 2.05) is 0 Å². The minimum absolute atomic E-state index is 0.435. The van der Waals surface area contributed by atoms with Crippen LogP contribution < -0.4 is 5.73 Å². The second kappa shape index (κ2) is 6.78. The van der Waals surface area contributed by atoms with Gasteiger partial charge in [-0.15, -0.1) is 0 Å². The van der Waals surface area contributed by atoms with Crippen LogP contribution in [0, 0.1) is 6.92 Å². The summed E-state index contributed by atoms with van der Waals surface area (Å²) in [6.07, 6.45) is 3.65. The Hall–Kier alpha value is -0.420. The summed E-state index contributed by atoms with van der Waals surface area (Å²) in [7, 11) is 0. The number of benzene rings is 1. The normalized spacial score (nSPS) is 25.6. The van der Waals surface area contributed by atoms with Crippen molar-refractivity contribution in [3.05, 3.63) is 33.8 Å². The lowest BCUT2D eigenvalue weighted by Crippen LogP contribution is -2.46. The number of aryl methyl sites for hydroxylation is 1. The van der Waals surface area contributed by atoms with E-state index in [-0.39, 0.29) is 0 Å². The minimum atomic E-state index is 0.435. The Kier molecular flexibility index (Phi) is 4.99. The number of nitrogens with zero attached hydrogens (tertiary/aromatic N) is 2. The lowest BCUT2D eigenvalue weighted by molar-refractivity contribution is 0.151. The molecule has 0 radical (unpaired) electrons. The van der Waals surface area contributed by atoms with Gasteiger partial charge in [-0.05, 0) is 56.5 Å². The molecule has 0 amide bonds. The molecule has 1 unspecified atom stereocenters. The minimum Gasteiger partial charge on any atom is -0.328 e. The summed E-state index contributed by atoms with van der Waals surface area (Å²) < 4.78 is 1.20. The SMILES string of the molecule is Cc1cc(CN2CCC(N3CCC(N)CC3)C2)ccc1Br. The zero-order valence-electron chi connectivity index (χ0n) is 12.9. The van der Waals surface area contributed by atoms with Gasteiger partial charge in [-0.3, -0.25) is 9.80 Å². The molecule has 3 rings (SSSR count). The highest BCUT2D eigenvalue weighted by Gasteiger charge is 2.29. The summed E-state index contributed by atoms with van der Waals surface area (Å²) >= 11 is 3.58. The average Bonchev–Trinajstić information content (AvgIpc) is 2.92. The van der Waals surface area contributed by atoms with Gasteiger partial charge < -0.3 is 5.73 Å². The molecular formula is C17H26BrN3. The third kappa shape index (κ3) is 3.86. The molecular weight excluding hydrogens is 326 g/mol. The molecule has 0 spiro atoms. The van der Waals surface area contributed by atoms with E-state index in [2.05, 4.69) is 50.9 Å². The third-order valence-electron chi connectivity index (χ3n) is 4.97. The highest BCUT2D eigenvalue weighted by atomic mass is 79.9. The van der Waals surface area contributed by atoms with E-state index < -0.39 is 0 Å². The molecule has 116 valence electrons. The first-order valence-electron chi connectivity index (χ1n) is 8.09. The van der Waals surface area contributed by atoms with Crippen molar-refractivity contribution >= 4 is 15.9 Å². The molecule has 2 saturated heterocycles. The lowest BCUT2D eigenvalue weighted by atomic mass is 10.0. The van der Waals surface area contributed by atoms with Gasteiger partial charge in [0.25, 0.3) is 0 Å². The van der Waals surface area contributed by atoms with Crippen LogP contribution in [0.4, 0.5) is 0 Å². The van der Waals surface area contributed by atoms with Crippen LogP contribution in [0.2, 0.25) is 0 Å². The van der Waals surface area contributed by atoms with E-state index in [4.69, 9.17) is 5.73 Å². The number of nitrogens with two attached hydrogens (primary N) is 1. The van der Waals surface area contributed by atoms with Crippen molar-refractivity contribution in [2.45, 2.75) is 44.8 Å². The van der Waals surface area contributed by atoms with Gasteiger partial charge in [-0.1, -0.05) is 28.1 Å². The molecule has 0 bridgehead atoms. The maximum absolute atomic E-state index is 6.01. The lowest BCUT2D eigenvalue weighted by Gasteiger charge is -2.34. The zero-order valence-corrected chi connectivity index (χ0v) is 14.5. The standard InChI is InChI=1S/C17H26BrN3/c1-13-10-14(2-3-17(13)18)11-20-7-6-16(12-20)21-8-4-15(19)5-9-21/h2-3,10,15-16H,4-9,11-12,19H2,1H3. The number of rotatable bonds is 3. The molecule has 1 aromatic carbocycles. The summed E-state index contributed by atoms with van der Waals surface area (Å²) in [4.78, 5) is 5.26. The monoisotopic (exact) mass is 351 g/mol. The molecule has 21 heavy (non-hydrogen) atoms. The van der Waals surface area contributed by atoms with Gasteiger partial charge >= 0.3 is 0 Å². The molecule has 2 N–H and O–H groups in total. The average molecular weight is 352 g/mol. The molecule has 2 aliphatic rings. The van der Waals surface area contributed by atoms with E-state index in [1.54, 1.807) is 0 Å². The number of hydrogen-bond acceptors (Lipinski definition) is 3. The smallest absolute Gasteiger partial charge is 0.0235 e. The van der Waals surface area contributed by atoms with E-state index in [0.29, 0.717) is 6.04 Å². The van der Waals surface area contributed by atoms with Crippen LogP contribution in [-0.4, -0.2) is 48.1 Å². The van der Waals surface area contributed by atoms with Crippen molar-refractivity contribution in [1.82, 2.24) is 9.80 Å². The van der Waals surface area contributed by atoms with Crippen molar-refractivity contribution in [3.63, 3.8) is 0 Å². The van der Waals surface area contributed by atoms with Crippen molar-refractivity contribution in [1.29, 1.82) is 0 Å². The summed E-state index contributed by atoms with van der Waals surface area (Å²) in [6.45, 7) is 8.07. The summed E-state index contributed by atoms with van der Waals surface area (Å²) in [5, 5.41) is 0. The second-order valence-corrected chi connectivity index (χ2v) is 7.49. The van der Waals surface area contributed by atoms with Crippen LogP contribution in [0.1, 0.15) is 30.4 Å². The fraction of sp³-hybridized carbons (Fsp3) is 0.647. The first-order chi connectivity index (χ1) is 10.1. The molecule has 2 heterocycles. The summed E-state index contributed by atoms with van der Waals surface area (Å²) in [5.41, 5.74) is 8.77. The summed E-state index contributed by atoms with van der Waals surface area (Å²) in [5.74, 6) is 0. The van der Waals surface area contributed by atoms with Crippen LogP contribution in [-0.2, 0) is 6.54 Å². The molecule has 2 fully saturated rings. The second-order valence-electron chi connectivity index (χ2n) is 6.63. The van der Waals surface area contributed by atoms with E-state index in [1.165, 1.54) is 61.0 Å². The van der Waals surface area contributed by atoms with Gasteiger partial charge in [0.2, 0.25) is 0 Å². The Labute approximate surface area is 136 Å². The molecule has 1 atom stereocenters. The Morgan fingerprint density at radius 3 is 2.67 bits per heavy atom. The fourth-order valence-electron chi connectivity index (χ4n) is 3.60. The molecule has 0 saturated carbocycles. The van der Waals surface area contributed by atoms with Crippen molar-refractivity contribution < 1.29 is 0 Å². The molecule has 2 aliphatic heterocycles. The van der Waals surface area contributed by atoms with Gasteiger partial charge in [-0.25, -0.2) is 0 Å². The fourth-order valence-corrected chi connectivity index (χ4v) is 3.85.